The van der Waals surface area contributed by atoms with Crippen LogP contribution < -0.4 is 10.6 Å². The molecule has 0 saturated carbocycles. The smallest absolute Gasteiger partial charge is 0.147 e. The molecule has 0 atom stereocenters. The minimum Gasteiger partial charge on any atom is -0.394 e. The van der Waals surface area contributed by atoms with E-state index in [1.54, 1.807) is 12.3 Å². The summed E-state index contributed by atoms with van der Waals surface area (Å²) in [5.74, 6) is 0.642. The zero-order valence-electron chi connectivity index (χ0n) is 9.87. The Morgan fingerprint density at radius 1 is 1.56 bits per heavy atom. The molecule has 1 aromatic rings. The number of aromatic nitrogens is 1. The molecule has 1 heterocycles. The number of aliphatic hydroxyl groups excluding tert-OH is 1. The van der Waals surface area contributed by atoms with Crippen molar-refractivity contribution < 1.29 is 5.11 Å². The van der Waals surface area contributed by atoms with Crippen LogP contribution in [0.25, 0.3) is 0 Å². The van der Waals surface area contributed by atoms with Crippen LogP contribution in [0.15, 0.2) is 12.3 Å². The van der Waals surface area contributed by atoms with Gasteiger partial charge < -0.3 is 15.7 Å². The minimum atomic E-state index is -0.413. The molecule has 0 aliphatic rings. The highest BCUT2D eigenvalue weighted by Gasteiger charge is 2.25. The zero-order valence-corrected chi connectivity index (χ0v) is 10.6. The van der Waals surface area contributed by atoms with E-state index in [9.17, 15) is 5.11 Å². The SMILES string of the molecule is CN(c1nccc(CN)c1Cl)C(C)(C)CO. The lowest BCUT2D eigenvalue weighted by Crippen LogP contribution is -2.45. The van der Waals surface area contributed by atoms with Crippen molar-refractivity contribution in [2.45, 2.75) is 25.9 Å². The number of rotatable bonds is 4. The quantitative estimate of drug-likeness (QED) is 0.839. The highest BCUT2D eigenvalue weighted by Crippen LogP contribution is 2.29. The first kappa shape index (κ1) is 13.2. The topological polar surface area (TPSA) is 62.4 Å². The maximum atomic E-state index is 9.31. The number of hydrogen-bond acceptors (Lipinski definition) is 4. The van der Waals surface area contributed by atoms with Gasteiger partial charge in [-0.25, -0.2) is 4.98 Å². The fourth-order valence-electron chi connectivity index (χ4n) is 1.26. The molecule has 0 aromatic carbocycles. The molecule has 0 spiro atoms. The van der Waals surface area contributed by atoms with Crippen LogP contribution in [0.5, 0.6) is 0 Å². The van der Waals surface area contributed by atoms with E-state index in [-0.39, 0.29) is 6.61 Å². The maximum absolute atomic E-state index is 9.31. The molecule has 5 heteroatoms. The van der Waals surface area contributed by atoms with E-state index < -0.39 is 5.54 Å². The second-order valence-electron chi connectivity index (χ2n) is 4.34. The van der Waals surface area contributed by atoms with E-state index in [4.69, 9.17) is 17.3 Å². The van der Waals surface area contributed by atoms with Gasteiger partial charge in [-0.05, 0) is 25.5 Å². The highest BCUT2D eigenvalue weighted by atomic mass is 35.5. The minimum absolute atomic E-state index is 0.0222. The lowest BCUT2D eigenvalue weighted by Gasteiger charge is -2.35. The second-order valence-corrected chi connectivity index (χ2v) is 4.72. The van der Waals surface area contributed by atoms with E-state index in [2.05, 4.69) is 4.98 Å². The molecule has 0 amide bonds. The van der Waals surface area contributed by atoms with Gasteiger partial charge in [-0.2, -0.15) is 0 Å². The molecule has 4 nitrogen and oxygen atoms in total. The van der Waals surface area contributed by atoms with Crippen LogP contribution >= 0.6 is 11.6 Å². The van der Waals surface area contributed by atoms with E-state index in [1.165, 1.54) is 0 Å². The molecule has 0 saturated heterocycles. The molecule has 1 rings (SSSR count). The lowest BCUT2D eigenvalue weighted by atomic mass is 10.1. The summed E-state index contributed by atoms with van der Waals surface area (Å²) in [6.45, 7) is 4.23. The molecule has 1 aromatic heterocycles. The van der Waals surface area contributed by atoms with Gasteiger partial charge in [-0.1, -0.05) is 11.6 Å². The largest absolute Gasteiger partial charge is 0.394 e. The van der Waals surface area contributed by atoms with Crippen LogP contribution in [-0.4, -0.2) is 29.3 Å². The van der Waals surface area contributed by atoms with Crippen molar-refractivity contribution in [2.24, 2.45) is 5.73 Å². The Labute approximate surface area is 101 Å². The Hall–Kier alpha value is -0.840. The first-order valence-electron chi connectivity index (χ1n) is 5.12. The zero-order chi connectivity index (χ0) is 12.3. The first-order chi connectivity index (χ1) is 7.44. The average Bonchev–Trinajstić information content (AvgIpc) is 2.28. The van der Waals surface area contributed by atoms with Crippen LogP contribution in [0, 0.1) is 0 Å². The number of pyridine rings is 1. The van der Waals surface area contributed by atoms with Gasteiger partial charge in [0.15, 0.2) is 0 Å². The summed E-state index contributed by atoms with van der Waals surface area (Å²) in [4.78, 5) is 6.08. The van der Waals surface area contributed by atoms with E-state index in [0.717, 1.165) is 5.56 Å². The molecule has 90 valence electrons. The predicted molar refractivity (Wildman–Crippen MR) is 66.7 cm³/mol. The molecule has 0 aliphatic carbocycles. The summed E-state index contributed by atoms with van der Waals surface area (Å²) in [5, 5.41) is 9.86. The number of anilines is 1. The predicted octanol–water partition coefficient (Wildman–Crippen LogP) is 1.40. The molecular weight excluding hydrogens is 226 g/mol. The third-order valence-electron chi connectivity index (χ3n) is 2.78. The van der Waals surface area contributed by atoms with Crippen LogP contribution in [-0.2, 0) is 6.54 Å². The Morgan fingerprint density at radius 2 is 2.19 bits per heavy atom. The molecule has 3 N–H and O–H groups in total. The van der Waals surface area contributed by atoms with Crippen molar-refractivity contribution in [2.75, 3.05) is 18.6 Å². The Morgan fingerprint density at radius 3 is 2.69 bits per heavy atom. The Balaban J connectivity index is 3.14. The van der Waals surface area contributed by atoms with Crippen molar-refractivity contribution in [1.82, 2.24) is 4.98 Å². The molecule has 0 unspecified atom stereocenters. The molecule has 0 bridgehead atoms. The van der Waals surface area contributed by atoms with E-state index >= 15 is 0 Å². The van der Waals surface area contributed by atoms with Gasteiger partial charge in [-0.3, -0.25) is 0 Å². The van der Waals surface area contributed by atoms with Gasteiger partial charge in [0.2, 0.25) is 0 Å². The molecule has 0 aliphatic heterocycles. The summed E-state index contributed by atoms with van der Waals surface area (Å²) in [6.07, 6.45) is 1.67. The number of nitrogens with zero attached hydrogens (tertiary/aromatic N) is 2. The normalized spacial score (nSPS) is 11.6. The third-order valence-corrected chi connectivity index (χ3v) is 3.20. The summed E-state index contributed by atoms with van der Waals surface area (Å²) in [5.41, 5.74) is 6.02. The lowest BCUT2D eigenvalue weighted by molar-refractivity contribution is 0.215. The van der Waals surface area contributed by atoms with Crippen LogP contribution in [0.3, 0.4) is 0 Å². The van der Waals surface area contributed by atoms with Crippen molar-refractivity contribution in [3.05, 3.63) is 22.8 Å². The van der Waals surface area contributed by atoms with Gasteiger partial charge in [0.1, 0.15) is 5.82 Å². The van der Waals surface area contributed by atoms with Gasteiger partial charge in [-0.15, -0.1) is 0 Å². The van der Waals surface area contributed by atoms with Gasteiger partial charge in [0, 0.05) is 19.8 Å². The Bertz CT molecular complexity index is 368. The van der Waals surface area contributed by atoms with Crippen molar-refractivity contribution in [3.8, 4) is 0 Å². The summed E-state index contributed by atoms with van der Waals surface area (Å²) in [6, 6.07) is 1.80. The van der Waals surface area contributed by atoms with Crippen molar-refractivity contribution in [3.63, 3.8) is 0 Å². The standard InChI is InChI=1S/C11H18ClN3O/c1-11(2,7-16)15(3)10-9(12)8(6-13)4-5-14-10/h4-5,16H,6-7,13H2,1-3H3. The first-order valence-corrected chi connectivity index (χ1v) is 5.50. The third kappa shape index (κ3) is 2.45. The summed E-state index contributed by atoms with van der Waals surface area (Å²) < 4.78 is 0. The van der Waals surface area contributed by atoms with Gasteiger partial charge in [0.05, 0.1) is 17.2 Å². The number of aliphatic hydroxyl groups is 1. The molecule has 0 radical (unpaired) electrons. The fraction of sp³-hybridized carbons (Fsp3) is 0.545. The van der Waals surface area contributed by atoms with Crippen molar-refractivity contribution >= 4 is 17.4 Å². The van der Waals surface area contributed by atoms with Crippen LogP contribution in [0.1, 0.15) is 19.4 Å². The molecular formula is C11H18ClN3O. The number of nitrogens with two attached hydrogens (primary N) is 1. The van der Waals surface area contributed by atoms with Gasteiger partial charge in [0.25, 0.3) is 0 Å². The van der Waals surface area contributed by atoms with Crippen LogP contribution in [0.2, 0.25) is 5.02 Å². The monoisotopic (exact) mass is 243 g/mol. The van der Waals surface area contributed by atoms with E-state index in [0.29, 0.717) is 17.4 Å². The molecule has 16 heavy (non-hydrogen) atoms. The summed E-state index contributed by atoms with van der Waals surface area (Å²) in [7, 11) is 1.85. The fourth-order valence-corrected chi connectivity index (χ4v) is 1.57. The average molecular weight is 244 g/mol. The number of likely N-dealkylation sites (N-methyl/N-ethyl adjacent to an activating group) is 1. The highest BCUT2D eigenvalue weighted by molar-refractivity contribution is 6.33. The van der Waals surface area contributed by atoms with E-state index in [1.807, 2.05) is 25.8 Å². The van der Waals surface area contributed by atoms with Crippen molar-refractivity contribution in [1.29, 1.82) is 0 Å². The number of halogens is 1. The Kier molecular flexibility index (Phi) is 4.13. The molecule has 0 fully saturated rings. The van der Waals surface area contributed by atoms with Crippen LogP contribution in [0.4, 0.5) is 5.82 Å². The second kappa shape index (κ2) is 4.99. The summed E-state index contributed by atoms with van der Waals surface area (Å²) >= 11 is 6.20. The van der Waals surface area contributed by atoms with Gasteiger partial charge >= 0.3 is 0 Å². The number of hydrogen-bond donors (Lipinski definition) is 2. The maximum Gasteiger partial charge on any atom is 0.147 e.